The fourth-order valence-corrected chi connectivity index (χ4v) is 2.23. The molecule has 114 valence electrons. The zero-order valence-corrected chi connectivity index (χ0v) is 12.1. The number of hydrogen-bond acceptors (Lipinski definition) is 6. The highest BCUT2D eigenvalue weighted by atomic mass is 16.6. The SMILES string of the molecule is COCCN(c1cc(C(=O)OC)ccc1[N+](=O)[O-])C1CC1. The number of benzene rings is 1. The van der Waals surface area contributed by atoms with Crippen molar-refractivity contribution < 1.29 is 19.2 Å². The monoisotopic (exact) mass is 294 g/mol. The van der Waals surface area contributed by atoms with Crippen LogP contribution in [0.5, 0.6) is 0 Å². The van der Waals surface area contributed by atoms with Crippen molar-refractivity contribution in [2.45, 2.75) is 18.9 Å². The minimum absolute atomic E-state index is 0.00865. The molecule has 2 rings (SSSR count). The molecule has 7 heteroatoms. The second-order valence-electron chi connectivity index (χ2n) is 4.87. The first-order chi connectivity index (χ1) is 10.1. The van der Waals surface area contributed by atoms with Gasteiger partial charge in [-0.3, -0.25) is 10.1 Å². The highest BCUT2D eigenvalue weighted by molar-refractivity contribution is 5.91. The molecule has 7 nitrogen and oxygen atoms in total. The summed E-state index contributed by atoms with van der Waals surface area (Å²) in [5.74, 6) is -0.506. The van der Waals surface area contributed by atoms with E-state index in [2.05, 4.69) is 4.74 Å². The molecule has 0 radical (unpaired) electrons. The molecule has 0 spiro atoms. The summed E-state index contributed by atoms with van der Waals surface area (Å²) in [5, 5.41) is 11.2. The van der Waals surface area contributed by atoms with E-state index in [1.54, 1.807) is 7.11 Å². The van der Waals surface area contributed by atoms with Crippen LogP contribution in [0.3, 0.4) is 0 Å². The lowest BCUT2D eigenvalue weighted by molar-refractivity contribution is -0.384. The highest BCUT2D eigenvalue weighted by Crippen LogP contribution is 2.37. The van der Waals surface area contributed by atoms with Crippen molar-refractivity contribution in [2.75, 3.05) is 32.3 Å². The molecule has 0 aliphatic heterocycles. The average molecular weight is 294 g/mol. The van der Waals surface area contributed by atoms with Gasteiger partial charge in [0.25, 0.3) is 5.69 Å². The van der Waals surface area contributed by atoms with E-state index in [0.717, 1.165) is 12.8 Å². The maximum Gasteiger partial charge on any atom is 0.337 e. The molecule has 0 saturated heterocycles. The van der Waals surface area contributed by atoms with Gasteiger partial charge in [0.05, 0.1) is 24.2 Å². The van der Waals surface area contributed by atoms with Gasteiger partial charge in [-0.1, -0.05) is 0 Å². The van der Waals surface area contributed by atoms with Crippen molar-refractivity contribution in [2.24, 2.45) is 0 Å². The smallest absolute Gasteiger partial charge is 0.337 e. The Morgan fingerprint density at radius 3 is 2.67 bits per heavy atom. The van der Waals surface area contributed by atoms with E-state index in [9.17, 15) is 14.9 Å². The molecular weight excluding hydrogens is 276 g/mol. The fourth-order valence-electron chi connectivity index (χ4n) is 2.23. The van der Waals surface area contributed by atoms with Gasteiger partial charge in [-0.25, -0.2) is 4.79 Å². The number of ether oxygens (including phenoxy) is 2. The van der Waals surface area contributed by atoms with Crippen molar-refractivity contribution in [3.63, 3.8) is 0 Å². The Hall–Kier alpha value is -2.15. The van der Waals surface area contributed by atoms with E-state index in [1.165, 1.54) is 25.3 Å². The average Bonchev–Trinajstić information content (AvgIpc) is 3.31. The van der Waals surface area contributed by atoms with Crippen LogP contribution in [0, 0.1) is 10.1 Å². The first kappa shape index (κ1) is 15.2. The van der Waals surface area contributed by atoms with E-state index < -0.39 is 10.9 Å². The molecule has 0 bridgehead atoms. The number of nitrogens with zero attached hydrogens (tertiary/aromatic N) is 2. The maximum absolute atomic E-state index is 11.6. The second kappa shape index (κ2) is 6.53. The molecule has 1 aliphatic rings. The lowest BCUT2D eigenvalue weighted by Gasteiger charge is -2.24. The maximum atomic E-state index is 11.6. The van der Waals surface area contributed by atoms with Crippen molar-refractivity contribution in [1.82, 2.24) is 0 Å². The molecule has 1 saturated carbocycles. The largest absolute Gasteiger partial charge is 0.465 e. The Balaban J connectivity index is 2.40. The van der Waals surface area contributed by atoms with Crippen LogP contribution in [0.4, 0.5) is 11.4 Å². The number of carbonyl (C=O) groups is 1. The van der Waals surface area contributed by atoms with E-state index in [-0.39, 0.29) is 11.7 Å². The predicted molar refractivity (Wildman–Crippen MR) is 76.7 cm³/mol. The second-order valence-corrected chi connectivity index (χ2v) is 4.87. The van der Waals surface area contributed by atoms with Crippen LogP contribution in [-0.4, -0.2) is 44.3 Å². The number of nitro groups is 1. The van der Waals surface area contributed by atoms with Crippen LogP contribution < -0.4 is 4.90 Å². The fraction of sp³-hybridized carbons (Fsp3) is 0.500. The lowest BCUT2D eigenvalue weighted by atomic mass is 10.1. The van der Waals surface area contributed by atoms with Gasteiger partial charge in [-0.05, 0) is 25.0 Å². The van der Waals surface area contributed by atoms with Crippen LogP contribution in [-0.2, 0) is 9.47 Å². The molecule has 0 unspecified atom stereocenters. The zero-order valence-electron chi connectivity index (χ0n) is 12.1. The van der Waals surface area contributed by atoms with Gasteiger partial charge in [0.1, 0.15) is 5.69 Å². The molecule has 0 amide bonds. The van der Waals surface area contributed by atoms with Crippen LogP contribution in [0.1, 0.15) is 23.2 Å². The third kappa shape index (κ3) is 3.49. The van der Waals surface area contributed by atoms with E-state index in [1.807, 2.05) is 4.90 Å². The van der Waals surface area contributed by atoms with Crippen molar-refractivity contribution in [1.29, 1.82) is 0 Å². The van der Waals surface area contributed by atoms with E-state index in [4.69, 9.17) is 4.74 Å². The van der Waals surface area contributed by atoms with Crippen LogP contribution >= 0.6 is 0 Å². The molecule has 21 heavy (non-hydrogen) atoms. The van der Waals surface area contributed by atoms with Crippen molar-refractivity contribution >= 4 is 17.3 Å². The Labute approximate surface area is 122 Å². The molecular formula is C14H18N2O5. The third-order valence-corrected chi connectivity index (χ3v) is 3.43. The molecule has 0 heterocycles. The van der Waals surface area contributed by atoms with Gasteiger partial charge < -0.3 is 14.4 Å². The normalized spacial score (nSPS) is 13.8. The number of methoxy groups -OCH3 is 2. The number of esters is 1. The van der Waals surface area contributed by atoms with Crippen molar-refractivity contribution in [3.8, 4) is 0 Å². The van der Waals surface area contributed by atoms with Crippen LogP contribution in [0.15, 0.2) is 18.2 Å². The van der Waals surface area contributed by atoms with Crippen LogP contribution in [0.2, 0.25) is 0 Å². The van der Waals surface area contributed by atoms with Gasteiger partial charge in [0.15, 0.2) is 0 Å². The molecule has 1 aromatic carbocycles. The van der Waals surface area contributed by atoms with Gasteiger partial charge in [0, 0.05) is 25.8 Å². The molecule has 0 N–H and O–H groups in total. The molecule has 1 fully saturated rings. The minimum atomic E-state index is -0.506. The molecule has 0 atom stereocenters. The third-order valence-electron chi connectivity index (χ3n) is 3.43. The van der Waals surface area contributed by atoms with Gasteiger partial charge in [-0.15, -0.1) is 0 Å². The number of nitro benzene ring substituents is 1. The Morgan fingerprint density at radius 2 is 2.14 bits per heavy atom. The van der Waals surface area contributed by atoms with E-state index in [0.29, 0.717) is 24.4 Å². The standard InChI is InChI=1S/C14H18N2O5/c1-20-8-7-15(11-4-5-11)13-9-10(14(17)21-2)3-6-12(13)16(18)19/h3,6,9,11H,4-5,7-8H2,1-2H3. The topological polar surface area (TPSA) is 81.9 Å². The summed E-state index contributed by atoms with van der Waals surface area (Å²) in [6.07, 6.45) is 1.98. The Morgan fingerprint density at radius 1 is 1.43 bits per heavy atom. The predicted octanol–water partition coefficient (Wildman–Crippen LogP) is 2.00. The van der Waals surface area contributed by atoms with Crippen molar-refractivity contribution in [3.05, 3.63) is 33.9 Å². The summed E-state index contributed by atoms with van der Waals surface area (Å²) in [7, 11) is 2.87. The number of carbonyl (C=O) groups excluding carboxylic acids is 1. The summed E-state index contributed by atoms with van der Waals surface area (Å²) < 4.78 is 9.74. The lowest BCUT2D eigenvalue weighted by Crippen LogP contribution is -2.30. The highest BCUT2D eigenvalue weighted by Gasteiger charge is 2.33. The Kier molecular flexibility index (Phi) is 4.74. The summed E-state index contributed by atoms with van der Waals surface area (Å²) in [6, 6.07) is 4.56. The van der Waals surface area contributed by atoms with Crippen LogP contribution in [0.25, 0.3) is 0 Å². The Bertz CT molecular complexity index is 542. The summed E-state index contributed by atoms with van der Waals surface area (Å²) >= 11 is 0. The first-order valence-corrected chi connectivity index (χ1v) is 6.70. The zero-order chi connectivity index (χ0) is 15.4. The molecule has 1 aromatic rings. The van der Waals surface area contributed by atoms with Gasteiger partial charge in [-0.2, -0.15) is 0 Å². The number of rotatable bonds is 7. The summed E-state index contributed by atoms with van der Waals surface area (Å²) in [4.78, 5) is 24.4. The van der Waals surface area contributed by atoms with Gasteiger partial charge in [0.2, 0.25) is 0 Å². The number of hydrogen-bond donors (Lipinski definition) is 0. The number of anilines is 1. The van der Waals surface area contributed by atoms with E-state index >= 15 is 0 Å². The summed E-state index contributed by atoms with van der Waals surface area (Å²) in [6.45, 7) is 1.02. The molecule has 0 aromatic heterocycles. The van der Waals surface area contributed by atoms with Gasteiger partial charge >= 0.3 is 5.97 Å². The quantitative estimate of drug-likeness (QED) is 0.434. The summed E-state index contributed by atoms with van der Waals surface area (Å²) in [5.41, 5.74) is 0.745. The first-order valence-electron chi connectivity index (χ1n) is 6.70. The molecule has 1 aliphatic carbocycles. The minimum Gasteiger partial charge on any atom is -0.465 e.